The lowest BCUT2D eigenvalue weighted by Gasteiger charge is -2.20. The maximum Gasteiger partial charge on any atom is 0.157 e. The van der Waals surface area contributed by atoms with Gasteiger partial charge in [0.15, 0.2) is 6.29 Å². The Hall–Kier alpha value is -0.0800. The summed E-state index contributed by atoms with van der Waals surface area (Å²) in [5, 5.41) is 9.64. The number of aliphatic hydroxyl groups is 1. The molecule has 0 aromatic carbocycles. The van der Waals surface area contributed by atoms with Crippen molar-refractivity contribution in [2.75, 3.05) is 6.61 Å². The first-order valence-corrected chi connectivity index (χ1v) is 5.91. The Bertz CT molecular complexity index is 125. The van der Waals surface area contributed by atoms with Crippen LogP contribution in [0.3, 0.4) is 0 Å². The van der Waals surface area contributed by atoms with Crippen LogP contribution in [0.2, 0.25) is 0 Å². The fraction of sp³-hybridized carbons (Fsp3) is 1.00. The molecule has 2 heteroatoms. The van der Waals surface area contributed by atoms with Gasteiger partial charge in [-0.2, -0.15) is 0 Å². The van der Waals surface area contributed by atoms with Crippen molar-refractivity contribution >= 4 is 0 Å². The molecule has 0 rings (SSSR count). The minimum Gasteiger partial charge on any atom is -0.368 e. The van der Waals surface area contributed by atoms with Gasteiger partial charge in [-0.1, -0.05) is 40.5 Å². The molecule has 0 aliphatic rings. The normalized spacial score (nSPS) is 17.8. The Balaban J connectivity index is 3.56. The van der Waals surface area contributed by atoms with Crippen molar-refractivity contribution in [3.05, 3.63) is 0 Å². The van der Waals surface area contributed by atoms with Crippen LogP contribution in [0.1, 0.15) is 53.4 Å². The number of rotatable bonds is 8. The molecule has 0 spiro atoms. The zero-order valence-electron chi connectivity index (χ0n) is 10.1. The fourth-order valence-electron chi connectivity index (χ4n) is 1.60. The average molecular weight is 202 g/mol. The van der Waals surface area contributed by atoms with Crippen LogP contribution in [0.4, 0.5) is 0 Å². The SMILES string of the molecule is CCCC(C)COC(O)C(C)CCC. The molecule has 0 aromatic rings. The third kappa shape index (κ3) is 6.39. The largest absolute Gasteiger partial charge is 0.368 e. The van der Waals surface area contributed by atoms with E-state index in [0.717, 1.165) is 12.8 Å². The lowest BCUT2D eigenvalue weighted by Crippen LogP contribution is -2.23. The molecule has 0 radical (unpaired) electrons. The zero-order valence-corrected chi connectivity index (χ0v) is 10.1. The topological polar surface area (TPSA) is 29.5 Å². The number of hydrogen-bond donors (Lipinski definition) is 1. The Labute approximate surface area is 88.7 Å². The smallest absolute Gasteiger partial charge is 0.157 e. The second kappa shape index (κ2) is 8.25. The van der Waals surface area contributed by atoms with Crippen molar-refractivity contribution in [2.24, 2.45) is 11.8 Å². The molecule has 1 N–H and O–H groups in total. The molecule has 0 aliphatic heterocycles. The molecule has 86 valence electrons. The van der Waals surface area contributed by atoms with Gasteiger partial charge in [-0.25, -0.2) is 0 Å². The molecule has 0 bridgehead atoms. The minimum atomic E-state index is -0.575. The molecule has 0 fully saturated rings. The molecule has 14 heavy (non-hydrogen) atoms. The Morgan fingerprint density at radius 1 is 1.07 bits per heavy atom. The van der Waals surface area contributed by atoms with Gasteiger partial charge in [0, 0.05) is 5.92 Å². The van der Waals surface area contributed by atoms with Crippen LogP contribution in [0.25, 0.3) is 0 Å². The Morgan fingerprint density at radius 2 is 1.64 bits per heavy atom. The molecular weight excluding hydrogens is 176 g/mol. The highest BCUT2D eigenvalue weighted by atomic mass is 16.6. The summed E-state index contributed by atoms with van der Waals surface area (Å²) in [7, 11) is 0. The third-order valence-electron chi connectivity index (χ3n) is 2.56. The van der Waals surface area contributed by atoms with E-state index in [1.165, 1.54) is 12.8 Å². The minimum absolute atomic E-state index is 0.258. The van der Waals surface area contributed by atoms with Crippen molar-refractivity contribution in [1.29, 1.82) is 0 Å². The van der Waals surface area contributed by atoms with E-state index in [9.17, 15) is 5.11 Å². The first-order chi connectivity index (χ1) is 6.61. The van der Waals surface area contributed by atoms with E-state index in [1.54, 1.807) is 0 Å². The predicted octanol–water partition coefficient (Wildman–Crippen LogP) is 3.19. The van der Waals surface area contributed by atoms with Crippen LogP contribution in [-0.4, -0.2) is 18.0 Å². The number of aliphatic hydroxyl groups excluding tert-OH is 1. The van der Waals surface area contributed by atoms with Crippen LogP contribution >= 0.6 is 0 Å². The van der Waals surface area contributed by atoms with Gasteiger partial charge in [0.1, 0.15) is 0 Å². The van der Waals surface area contributed by atoms with E-state index in [2.05, 4.69) is 20.8 Å². The van der Waals surface area contributed by atoms with E-state index in [0.29, 0.717) is 12.5 Å². The molecule has 0 aromatic heterocycles. The molecule has 0 aliphatic carbocycles. The van der Waals surface area contributed by atoms with Crippen molar-refractivity contribution in [2.45, 2.75) is 59.7 Å². The molecule has 3 unspecified atom stereocenters. The van der Waals surface area contributed by atoms with Crippen molar-refractivity contribution < 1.29 is 9.84 Å². The summed E-state index contributed by atoms with van der Waals surface area (Å²) in [6.07, 6.45) is 3.92. The second-order valence-electron chi connectivity index (χ2n) is 4.38. The van der Waals surface area contributed by atoms with Gasteiger partial charge in [0.2, 0.25) is 0 Å². The molecule has 0 amide bonds. The van der Waals surface area contributed by atoms with Gasteiger partial charge in [-0.05, 0) is 18.8 Å². The van der Waals surface area contributed by atoms with Gasteiger partial charge in [-0.3, -0.25) is 0 Å². The third-order valence-corrected chi connectivity index (χ3v) is 2.56. The van der Waals surface area contributed by atoms with Crippen LogP contribution in [0.5, 0.6) is 0 Å². The van der Waals surface area contributed by atoms with E-state index >= 15 is 0 Å². The van der Waals surface area contributed by atoms with Gasteiger partial charge >= 0.3 is 0 Å². The Morgan fingerprint density at radius 3 is 2.14 bits per heavy atom. The summed E-state index contributed by atoms with van der Waals surface area (Å²) in [6.45, 7) is 9.19. The molecular formula is C12H26O2. The van der Waals surface area contributed by atoms with E-state index < -0.39 is 6.29 Å². The average Bonchev–Trinajstić information content (AvgIpc) is 2.15. The summed E-state index contributed by atoms with van der Waals surface area (Å²) in [4.78, 5) is 0. The van der Waals surface area contributed by atoms with Gasteiger partial charge in [0.05, 0.1) is 6.61 Å². The van der Waals surface area contributed by atoms with Crippen LogP contribution in [-0.2, 0) is 4.74 Å². The molecule has 0 saturated heterocycles. The lowest BCUT2D eigenvalue weighted by atomic mass is 10.1. The summed E-state index contributed by atoms with van der Waals surface area (Å²) < 4.78 is 5.43. The van der Waals surface area contributed by atoms with Crippen LogP contribution < -0.4 is 0 Å². The van der Waals surface area contributed by atoms with E-state index in [4.69, 9.17) is 4.74 Å². The van der Waals surface area contributed by atoms with Crippen LogP contribution in [0.15, 0.2) is 0 Å². The maximum atomic E-state index is 9.64. The van der Waals surface area contributed by atoms with Crippen molar-refractivity contribution in [3.8, 4) is 0 Å². The highest BCUT2D eigenvalue weighted by molar-refractivity contribution is 4.56. The highest BCUT2D eigenvalue weighted by Gasteiger charge is 2.14. The number of hydrogen-bond acceptors (Lipinski definition) is 2. The van der Waals surface area contributed by atoms with Crippen LogP contribution in [0, 0.1) is 11.8 Å². The highest BCUT2D eigenvalue weighted by Crippen LogP contribution is 2.14. The maximum absolute atomic E-state index is 9.64. The number of ether oxygens (including phenoxy) is 1. The fourth-order valence-corrected chi connectivity index (χ4v) is 1.60. The molecule has 3 atom stereocenters. The Kier molecular flexibility index (Phi) is 8.20. The van der Waals surface area contributed by atoms with Gasteiger partial charge in [0.25, 0.3) is 0 Å². The standard InChI is InChI=1S/C12H26O2/c1-5-7-10(3)9-14-12(13)11(4)8-6-2/h10-13H,5-9H2,1-4H3. The van der Waals surface area contributed by atoms with E-state index in [1.807, 2.05) is 6.92 Å². The quantitative estimate of drug-likeness (QED) is 0.612. The zero-order chi connectivity index (χ0) is 11.0. The second-order valence-corrected chi connectivity index (χ2v) is 4.38. The molecule has 0 heterocycles. The summed E-state index contributed by atoms with van der Waals surface area (Å²) in [5.74, 6) is 0.817. The van der Waals surface area contributed by atoms with Crippen molar-refractivity contribution in [1.82, 2.24) is 0 Å². The van der Waals surface area contributed by atoms with Crippen molar-refractivity contribution in [3.63, 3.8) is 0 Å². The monoisotopic (exact) mass is 202 g/mol. The first kappa shape index (κ1) is 13.9. The lowest BCUT2D eigenvalue weighted by molar-refractivity contribution is -0.139. The van der Waals surface area contributed by atoms with Gasteiger partial charge < -0.3 is 9.84 Å². The summed E-state index contributed by atoms with van der Waals surface area (Å²) in [5.41, 5.74) is 0. The molecule has 2 nitrogen and oxygen atoms in total. The summed E-state index contributed by atoms with van der Waals surface area (Å²) in [6, 6.07) is 0. The summed E-state index contributed by atoms with van der Waals surface area (Å²) >= 11 is 0. The first-order valence-electron chi connectivity index (χ1n) is 5.91. The predicted molar refractivity (Wildman–Crippen MR) is 60.1 cm³/mol. The van der Waals surface area contributed by atoms with E-state index in [-0.39, 0.29) is 5.92 Å². The molecule has 0 saturated carbocycles. The van der Waals surface area contributed by atoms with Gasteiger partial charge in [-0.15, -0.1) is 0 Å².